The summed E-state index contributed by atoms with van der Waals surface area (Å²) in [7, 11) is 0. The van der Waals surface area contributed by atoms with E-state index >= 15 is 0 Å². The van der Waals surface area contributed by atoms with Crippen LogP contribution in [0.25, 0.3) is 0 Å². The number of nitrogens with zero attached hydrogens (tertiary/aromatic N) is 3. The van der Waals surface area contributed by atoms with Crippen molar-refractivity contribution in [2.45, 2.75) is 18.6 Å². The van der Waals surface area contributed by atoms with Crippen molar-refractivity contribution in [3.8, 4) is 0 Å². The summed E-state index contributed by atoms with van der Waals surface area (Å²) in [6.45, 7) is 2.42. The fraction of sp³-hybridized carbons (Fsp3) is 0.364. The number of ether oxygens (including phenoxy) is 1. The fourth-order valence-corrected chi connectivity index (χ4v) is 2.03. The monoisotopic (exact) mass is 282 g/mol. The van der Waals surface area contributed by atoms with Gasteiger partial charge in [-0.3, -0.25) is 4.57 Å². The molecule has 0 fully saturated rings. The van der Waals surface area contributed by atoms with Crippen molar-refractivity contribution in [3.05, 3.63) is 23.7 Å². The molecule has 2 heterocycles. The first-order chi connectivity index (χ1) is 9.15. The number of anilines is 1. The van der Waals surface area contributed by atoms with Gasteiger partial charge in [-0.2, -0.15) is 0 Å². The van der Waals surface area contributed by atoms with Crippen LogP contribution in [0.4, 0.5) is 5.95 Å². The van der Waals surface area contributed by atoms with Crippen molar-refractivity contribution < 1.29 is 13.9 Å². The van der Waals surface area contributed by atoms with Crippen LogP contribution >= 0.6 is 11.8 Å². The zero-order valence-corrected chi connectivity index (χ0v) is 11.4. The molecule has 0 saturated carbocycles. The first kappa shape index (κ1) is 13.5. The Kier molecular flexibility index (Phi) is 4.10. The van der Waals surface area contributed by atoms with E-state index in [4.69, 9.17) is 14.9 Å². The van der Waals surface area contributed by atoms with E-state index in [0.717, 1.165) is 0 Å². The van der Waals surface area contributed by atoms with Crippen LogP contribution in [0.3, 0.4) is 0 Å². The molecular weight excluding hydrogens is 268 g/mol. The summed E-state index contributed by atoms with van der Waals surface area (Å²) < 4.78 is 12.0. The van der Waals surface area contributed by atoms with E-state index in [9.17, 15) is 4.79 Å². The Hall–Kier alpha value is -1.96. The van der Waals surface area contributed by atoms with Gasteiger partial charge in [0.25, 0.3) is 0 Å². The molecule has 0 unspecified atom stereocenters. The van der Waals surface area contributed by atoms with E-state index in [1.165, 1.54) is 11.8 Å². The summed E-state index contributed by atoms with van der Waals surface area (Å²) in [4.78, 5) is 11.5. The van der Waals surface area contributed by atoms with E-state index in [1.54, 1.807) is 23.6 Å². The van der Waals surface area contributed by atoms with Crippen LogP contribution in [0.5, 0.6) is 0 Å². The minimum absolute atomic E-state index is 0.175. The van der Waals surface area contributed by atoms with Crippen molar-refractivity contribution in [1.29, 1.82) is 0 Å². The predicted octanol–water partition coefficient (Wildman–Crippen LogP) is 1.40. The topological polar surface area (TPSA) is 96.2 Å². The van der Waals surface area contributed by atoms with Crippen LogP contribution in [0.2, 0.25) is 0 Å². The first-order valence-corrected chi connectivity index (χ1v) is 6.86. The lowest BCUT2D eigenvalue weighted by molar-refractivity contribution is 0.0488. The normalized spacial score (nSPS) is 10.6. The average molecular weight is 282 g/mol. The van der Waals surface area contributed by atoms with Crippen molar-refractivity contribution in [3.63, 3.8) is 0 Å². The molecule has 0 radical (unpaired) electrons. The summed E-state index contributed by atoms with van der Waals surface area (Å²) in [6, 6.07) is 3.28. The largest absolute Gasteiger partial charge is 0.460 e. The van der Waals surface area contributed by atoms with Gasteiger partial charge in [0, 0.05) is 0 Å². The number of hydrogen-bond donors (Lipinski definition) is 1. The Morgan fingerprint density at radius 3 is 3.00 bits per heavy atom. The molecule has 2 aromatic rings. The van der Waals surface area contributed by atoms with Crippen LogP contribution in [-0.4, -0.2) is 33.6 Å². The van der Waals surface area contributed by atoms with E-state index in [0.29, 0.717) is 30.0 Å². The maximum atomic E-state index is 11.5. The van der Waals surface area contributed by atoms with Crippen molar-refractivity contribution in [1.82, 2.24) is 14.8 Å². The maximum absolute atomic E-state index is 11.5. The molecule has 0 aliphatic carbocycles. The summed E-state index contributed by atoms with van der Waals surface area (Å²) in [5.41, 5.74) is 5.72. The van der Waals surface area contributed by atoms with Gasteiger partial charge in [0.05, 0.1) is 13.2 Å². The second-order valence-corrected chi connectivity index (χ2v) is 4.39. The third-order valence-corrected chi connectivity index (χ3v) is 3.05. The molecule has 0 amide bonds. The van der Waals surface area contributed by atoms with Gasteiger partial charge in [0.2, 0.25) is 11.7 Å². The Balaban J connectivity index is 2.15. The zero-order chi connectivity index (χ0) is 13.8. The molecule has 8 heteroatoms. The molecule has 19 heavy (non-hydrogen) atoms. The van der Waals surface area contributed by atoms with E-state index < -0.39 is 5.97 Å². The number of nitrogens with two attached hydrogens (primary N) is 1. The van der Waals surface area contributed by atoms with Gasteiger partial charge in [-0.25, -0.2) is 4.79 Å². The Morgan fingerprint density at radius 1 is 1.53 bits per heavy atom. The SMILES string of the molecule is CCOC(=O)c1ccc(Cn2c(N)nnc2SC)o1. The number of aromatic nitrogens is 3. The highest BCUT2D eigenvalue weighted by molar-refractivity contribution is 7.98. The van der Waals surface area contributed by atoms with E-state index in [2.05, 4.69) is 10.2 Å². The van der Waals surface area contributed by atoms with Gasteiger partial charge < -0.3 is 14.9 Å². The number of furan rings is 1. The van der Waals surface area contributed by atoms with Crippen molar-refractivity contribution in [2.24, 2.45) is 0 Å². The van der Waals surface area contributed by atoms with E-state index in [-0.39, 0.29) is 5.76 Å². The Morgan fingerprint density at radius 2 is 2.32 bits per heavy atom. The van der Waals surface area contributed by atoms with Gasteiger partial charge in [0.15, 0.2) is 5.16 Å². The number of nitrogen functional groups attached to an aromatic ring is 1. The highest BCUT2D eigenvalue weighted by atomic mass is 32.2. The third-order valence-electron chi connectivity index (χ3n) is 2.38. The molecule has 0 aliphatic rings. The Bertz CT molecular complexity index is 578. The zero-order valence-electron chi connectivity index (χ0n) is 10.6. The summed E-state index contributed by atoms with van der Waals surface area (Å²) in [5.74, 6) is 0.591. The van der Waals surface area contributed by atoms with Gasteiger partial charge in [-0.1, -0.05) is 11.8 Å². The maximum Gasteiger partial charge on any atom is 0.374 e. The van der Waals surface area contributed by atoms with Crippen LogP contribution < -0.4 is 5.73 Å². The minimum Gasteiger partial charge on any atom is -0.460 e. The molecular formula is C11H14N4O3S. The number of carbonyl (C=O) groups is 1. The number of thioether (sulfide) groups is 1. The van der Waals surface area contributed by atoms with Crippen molar-refractivity contribution in [2.75, 3.05) is 18.6 Å². The number of rotatable bonds is 5. The quantitative estimate of drug-likeness (QED) is 0.654. The molecule has 2 rings (SSSR count). The highest BCUT2D eigenvalue weighted by Gasteiger charge is 2.14. The average Bonchev–Trinajstić information content (AvgIpc) is 2.99. The molecule has 0 spiro atoms. The van der Waals surface area contributed by atoms with Crippen LogP contribution in [0.15, 0.2) is 21.7 Å². The molecule has 0 saturated heterocycles. The second-order valence-electron chi connectivity index (χ2n) is 3.62. The molecule has 0 aliphatic heterocycles. The second kappa shape index (κ2) is 5.79. The summed E-state index contributed by atoms with van der Waals surface area (Å²) in [6.07, 6.45) is 1.88. The molecule has 2 aromatic heterocycles. The molecule has 102 valence electrons. The lowest BCUT2D eigenvalue weighted by atomic mass is 10.4. The van der Waals surface area contributed by atoms with Crippen LogP contribution in [0.1, 0.15) is 23.2 Å². The molecule has 7 nitrogen and oxygen atoms in total. The molecule has 0 aromatic carbocycles. The lowest BCUT2D eigenvalue weighted by Crippen LogP contribution is -2.05. The van der Waals surface area contributed by atoms with Gasteiger partial charge in [-0.05, 0) is 25.3 Å². The van der Waals surface area contributed by atoms with Gasteiger partial charge in [-0.15, -0.1) is 10.2 Å². The standard InChI is InChI=1S/C11H14N4O3S/c1-3-17-9(16)8-5-4-7(18-8)6-15-10(12)13-14-11(15)19-2/h4-5H,3,6H2,1-2H3,(H2,12,13). The lowest BCUT2D eigenvalue weighted by Gasteiger charge is -2.04. The first-order valence-electron chi connectivity index (χ1n) is 5.64. The van der Waals surface area contributed by atoms with Crippen LogP contribution in [-0.2, 0) is 11.3 Å². The number of esters is 1. The summed E-state index contributed by atoms with van der Waals surface area (Å²) in [5, 5.41) is 8.40. The van der Waals surface area contributed by atoms with Crippen LogP contribution in [0, 0.1) is 0 Å². The van der Waals surface area contributed by atoms with Gasteiger partial charge in [0.1, 0.15) is 5.76 Å². The molecule has 0 bridgehead atoms. The minimum atomic E-state index is -0.476. The highest BCUT2D eigenvalue weighted by Crippen LogP contribution is 2.18. The molecule has 2 N–H and O–H groups in total. The smallest absolute Gasteiger partial charge is 0.374 e. The third kappa shape index (κ3) is 2.90. The summed E-state index contributed by atoms with van der Waals surface area (Å²) >= 11 is 1.43. The molecule has 0 atom stereocenters. The Labute approximate surface area is 114 Å². The van der Waals surface area contributed by atoms with Gasteiger partial charge >= 0.3 is 5.97 Å². The predicted molar refractivity (Wildman–Crippen MR) is 70.0 cm³/mol. The number of hydrogen-bond acceptors (Lipinski definition) is 7. The van der Waals surface area contributed by atoms with Crippen molar-refractivity contribution >= 4 is 23.7 Å². The fourth-order valence-electron chi connectivity index (χ4n) is 1.53. The van der Waals surface area contributed by atoms with E-state index in [1.807, 2.05) is 6.26 Å². The number of carbonyl (C=O) groups excluding carboxylic acids is 1.